The number of benzene rings is 10. The van der Waals surface area contributed by atoms with Crippen molar-refractivity contribution in [3.05, 3.63) is 214 Å². The quantitative estimate of drug-likeness (QED) is 0.122. The van der Waals surface area contributed by atoms with Crippen LogP contribution in [0.15, 0.2) is 170 Å². The average molecular weight is 1330 g/mol. The van der Waals surface area contributed by atoms with Gasteiger partial charge in [-0.1, -0.05) is 177 Å². The van der Waals surface area contributed by atoms with E-state index in [9.17, 15) is 15.8 Å². The molecule has 0 bridgehead atoms. The van der Waals surface area contributed by atoms with Crippen LogP contribution >= 0.6 is 23.9 Å². The monoisotopic (exact) mass is 1320 g/mol. The molecule has 9 nitrogen and oxygen atoms in total. The van der Waals surface area contributed by atoms with E-state index in [1.807, 2.05) is 12.1 Å². The maximum absolute atomic E-state index is 11.4. The van der Waals surface area contributed by atoms with Crippen LogP contribution in [0.2, 0.25) is 0 Å². The van der Waals surface area contributed by atoms with Gasteiger partial charge in [0.05, 0.1) is 46.3 Å². The molecule has 0 N–H and O–H groups in total. The van der Waals surface area contributed by atoms with E-state index in [0.29, 0.717) is 22.4 Å². The van der Waals surface area contributed by atoms with Crippen LogP contribution in [0.3, 0.4) is 0 Å². The average Bonchev–Trinajstić information content (AvgIpc) is 0.685. The molecule has 10 aromatic carbocycles. The lowest BCUT2D eigenvalue weighted by molar-refractivity contribution is 0.486. The molecule has 6 heterocycles. The Morgan fingerprint density at radius 1 is 0.293 bits per heavy atom. The van der Waals surface area contributed by atoms with Gasteiger partial charge >= 0.3 is 0 Å². The van der Waals surface area contributed by atoms with Crippen LogP contribution in [0, 0.1) is 34.0 Å². The Morgan fingerprint density at radius 3 is 1.00 bits per heavy atom. The molecule has 0 amide bonds. The first-order chi connectivity index (χ1) is 47.0. The van der Waals surface area contributed by atoms with Crippen molar-refractivity contribution in [2.45, 2.75) is 131 Å². The maximum atomic E-state index is 11.4. The van der Waals surface area contributed by atoms with Gasteiger partial charge in [-0.15, -0.1) is 0 Å². The van der Waals surface area contributed by atoms with E-state index >= 15 is 0 Å². The number of hydrogen-bond donors (Lipinski definition) is 0. The Kier molecular flexibility index (Phi) is 14.4. The van der Waals surface area contributed by atoms with Crippen molar-refractivity contribution < 1.29 is 4.74 Å². The van der Waals surface area contributed by atoms with Gasteiger partial charge in [0.25, 0.3) is 20.1 Å². The summed E-state index contributed by atoms with van der Waals surface area (Å²) in [5.41, 5.74) is 30.3. The molecule has 0 unspecified atom stereocenters. The molecule has 0 atom stereocenters. The molecule has 486 valence electrons. The van der Waals surface area contributed by atoms with E-state index in [4.69, 9.17) is 4.74 Å². The Labute approximate surface area is 594 Å². The smallest absolute Gasteiger partial charge is 0.256 e. The molecule has 0 aromatic heterocycles. The highest BCUT2D eigenvalue weighted by atomic mass is 32.2. The third-order valence-electron chi connectivity index (χ3n) is 21.5. The molecule has 14 heteroatoms. The fourth-order valence-electron chi connectivity index (χ4n) is 16.3. The molecule has 99 heavy (non-hydrogen) atoms. The first kappa shape index (κ1) is 64.1. The Morgan fingerprint density at radius 2 is 0.606 bits per heavy atom. The topological polar surface area (TPSA) is 96.8 Å². The maximum Gasteiger partial charge on any atom is 0.256 e. The highest BCUT2D eigenvalue weighted by molar-refractivity contribution is 8.00. The van der Waals surface area contributed by atoms with Crippen LogP contribution in [0.5, 0.6) is 11.5 Å². The lowest BCUT2D eigenvalue weighted by Gasteiger charge is -2.47. The fourth-order valence-corrected chi connectivity index (χ4v) is 17.8. The zero-order valence-corrected chi connectivity index (χ0v) is 61.3. The molecule has 6 aliphatic heterocycles. The summed E-state index contributed by atoms with van der Waals surface area (Å²) in [5.74, 6) is 1.48. The third kappa shape index (κ3) is 9.87. The van der Waals surface area contributed by atoms with Crippen LogP contribution in [-0.4, -0.2) is 32.6 Å². The van der Waals surface area contributed by atoms with Crippen molar-refractivity contribution in [2.75, 3.05) is 35.8 Å². The predicted octanol–water partition coefficient (Wildman–Crippen LogP) is 16.3. The molecular formula is C85H79B3N8OS2. The zero-order chi connectivity index (χ0) is 69.6. The van der Waals surface area contributed by atoms with Crippen molar-refractivity contribution in [2.24, 2.45) is 0 Å². The Hall–Kier alpha value is -9.64. The lowest BCUT2D eigenvalue weighted by atomic mass is 9.29. The minimum atomic E-state index is -0.357. The Bertz CT molecular complexity index is 5260. The van der Waals surface area contributed by atoms with Gasteiger partial charge in [0, 0.05) is 75.1 Å². The third-order valence-corrected chi connectivity index (χ3v) is 23.0. The number of nitrogens with zero attached hydrogens (tertiary/aromatic N) is 8. The summed E-state index contributed by atoms with van der Waals surface area (Å²) in [6, 6.07) is 71.2. The molecule has 10 aromatic rings. The van der Waals surface area contributed by atoms with Crippen LogP contribution < -0.4 is 77.2 Å². The number of rotatable bonds is 5. The van der Waals surface area contributed by atoms with Gasteiger partial charge in [-0.3, -0.25) is 8.61 Å². The van der Waals surface area contributed by atoms with Crippen molar-refractivity contribution in [1.82, 2.24) is 0 Å². The van der Waals surface area contributed by atoms with Gasteiger partial charge in [0.2, 0.25) is 0 Å². The van der Waals surface area contributed by atoms with Crippen LogP contribution in [0.1, 0.15) is 148 Å². The lowest BCUT2D eigenvalue weighted by Crippen LogP contribution is -2.66. The highest BCUT2D eigenvalue weighted by Gasteiger charge is 2.51. The molecule has 0 aliphatic carbocycles. The number of fused-ring (bicyclic) bond motifs is 12. The normalized spacial score (nSPS) is 14.5. The summed E-state index contributed by atoms with van der Waals surface area (Å²) < 4.78 is 11.7. The SMILES string of the molecule is CSN1c2cc3c(cc2B2c4cc(C(C)(C)C)ccc4Oc4cc(C#N)cc1c42)B1c2cc4c(cc2N(SC)c2cc(C#N)cc(c21)N3c1ccc(C(C)(C)C)cc1)N(c1ccc(C(C)(C)C)cc1)c1cc(C#N)cc2c1B4c1cc(C(C)(C)C)ccc1N2c1ccc(C(C)(C)C)cc1. The van der Waals surface area contributed by atoms with E-state index in [1.165, 1.54) is 33.3 Å². The van der Waals surface area contributed by atoms with Gasteiger partial charge in [0.15, 0.2) is 0 Å². The second-order valence-corrected chi connectivity index (χ2v) is 34.3. The van der Waals surface area contributed by atoms with E-state index in [0.717, 1.165) is 123 Å². The number of nitriles is 3. The first-order valence-electron chi connectivity index (χ1n) is 34.5. The predicted molar refractivity (Wildman–Crippen MR) is 423 cm³/mol. The van der Waals surface area contributed by atoms with Crippen LogP contribution in [0.25, 0.3) is 0 Å². The largest absolute Gasteiger partial charge is 0.458 e. The number of ether oxygens (including phenoxy) is 1. The molecular weight excluding hydrogens is 1250 g/mol. The van der Waals surface area contributed by atoms with Crippen LogP contribution in [-0.2, 0) is 27.1 Å². The number of hydrogen-bond acceptors (Lipinski definition) is 11. The van der Waals surface area contributed by atoms with Gasteiger partial charge in [-0.2, -0.15) is 15.8 Å². The van der Waals surface area contributed by atoms with Crippen molar-refractivity contribution in [3.8, 4) is 29.7 Å². The van der Waals surface area contributed by atoms with E-state index in [-0.39, 0.29) is 47.2 Å². The van der Waals surface area contributed by atoms with Gasteiger partial charge in [-0.05, 0) is 225 Å². The van der Waals surface area contributed by atoms with Gasteiger partial charge in [-0.25, -0.2) is 0 Å². The van der Waals surface area contributed by atoms with Crippen molar-refractivity contribution >= 4 is 167 Å². The molecule has 0 fully saturated rings. The second-order valence-electron chi connectivity index (χ2n) is 32.8. The van der Waals surface area contributed by atoms with E-state index in [2.05, 4.69) is 316 Å². The fraction of sp³-hybridized carbons (Fsp3) is 0.259. The van der Waals surface area contributed by atoms with Crippen LogP contribution in [0.4, 0.5) is 73.9 Å². The van der Waals surface area contributed by atoms with Crippen molar-refractivity contribution in [3.63, 3.8) is 0 Å². The summed E-state index contributed by atoms with van der Waals surface area (Å²) in [7, 11) is 0. The minimum absolute atomic E-state index is 0.0600. The molecule has 0 saturated heterocycles. The summed E-state index contributed by atoms with van der Waals surface area (Å²) in [6.45, 7) is 33.2. The first-order valence-corrected chi connectivity index (χ1v) is 36.8. The molecule has 6 aliphatic rings. The Balaban J connectivity index is 1.03. The second kappa shape index (κ2) is 22.2. The van der Waals surface area contributed by atoms with Crippen molar-refractivity contribution in [1.29, 1.82) is 15.8 Å². The summed E-state index contributed by atoms with van der Waals surface area (Å²) in [4.78, 5) is 7.28. The molecule has 0 saturated carbocycles. The van der Waals surface area contributed by atoms with E-state index in [1.54, 1.807) is 23.9 Å². The van der Waals surface area contributed by atoms with Gasteiger partial charge < -0.3 is 19.4 Å². The van der Waals surface area contributed by atoms with Gasteiger partial charge in [0.1, 0.15) is 11.5 Å². The number of anilines is 13. The van der Waals surface area contributed by atoms with E-state index < -0.39 is 0 Å². The standard InChI is InChI=1S/C85H79B3N8OS2/c1-81(2,3)52-18-26-57(27-19-52)92-66-32-24-55(84(10,11)12)40-60(66)86-61-42-63-69(44-67(61)93(58-28-20-53(21-29-58)82(4,5)6)72-35-49(46-89)34-71(92)78(72)86)95(98-16)74-37-50(47-90)36-73-79(74)87(63)62-43-64-70(45-68(62)94(73)59-30-22-54(23-31-59)83(7,8)9)96(99-17)75-38-51(48-91)39-77-80(75)88(64)65-41-56(85(13,14)15)25-33-76(65)97-77/h18-45H,1-17H3. The minimum Gasteiger partial charge on any atom is -0.458 e. The summed E-state index contributed by atoms with van der Waals surface area (Å²) in [5, 5.41) is 33.5. The molecule has 16 rings (SSSR count). The highest BCUT2D eigenvalue weighted by Crippen LogP contribution is 2.51. The zero-order valence-electron chi connectivity index (χ0n) is 59.7. The summed E-state index contributed by atoms with van der Waals surface area (Å²) in [6.07, 6.45) is 4.27. The summed E-state index contributed by atoms with van der Waals surface area (Å²) >= 11 is 3.29. The molecule has 0 spiro atoms. The molecule has 0 radical (unpaired) electrons.